The van der Waals surface area contributed by atoms with E-state index in [2.05, 4.69) is 0 Å². The SMILES string of the molecule is CC1C(=O)C(C)C(c2ccc(Cl)cc2)OC1c1ccc(Cl)cc1. The van der Waals surface area contributed by atoms with Gasteiger partial charge in [-0.2, -0.15) is 0 Å². The second kappa shape index (κ2) is 6.64. The quantitative estimate of drug-likeness (QED) is 0.701. The van der Waals surface area contributed by atoms with E-state index in [-0.39, 0.29) is 29.8 Å². The van der Waals surface area contributed by atoms with Crippen molar-refractivity contribution in [3.63, 3.8) is 0 Å². The second-order valence-electron chi connectivity index (χ2n) is 6.06. The van der Waals surface area contributed by atoms with Crippen molar-refractivity contribution in [2.75, 3.05) is 0 Å². The Hall–Kier alpha value is -1.35. The number of hydrogen-bond donors (Lipinski definition) is 0. The van der Waals surface area contributed by atoms with Crippen LogP contribution in [0.3, 0.4) is 0 Å². The number of benzene rings is 2. The van der Waals surface area contributed by atoms with Crippen LogP contribution in [-0.4, -0.2) is 5.78 Å². The molecule has 0 bridgehead atoms. The molecule has 1 aliphatic rings. The molecule has 0 aromatic heterocycles. The molecule has 2 aromatic carbocycles. The van der Waals surface area contributed by atoms with Gasteiger partial charge in [-0.3, -0.25) is 4.79 Å². The number of carbonyl (C=O) groups excluding carboxylic acids is 1. The number of hydrogen-bond acceptors (Lipinski definition) is 2. The summed E-state index contributed by atoms with van der Waals surface area (Å²) < 4.78 is 6.33. The average Bonchev–Trinajstić information content (AvgIpc) is 2.55. The number of halogens is 2. The molecule has 120 valence electrons. The number of rotatable bonds is 2. The summed E-state index contributed by atoms with van der Waals surface area (Å²) in [6, 6.07) is 15.0. The molecule has 4 heteroatoms. The second-order valence-corrected chi connectivity index (χ2v) is 6.93. The third-order valence-electron chi connectivity index (χ3n) is 4.50. The Kier molecular flexibility index (Phi) is 4.77. The topological polar surface area (TPSA) is 26.3 Å². The van der Waals surface area contributed by atoms with E-state index in [1.807, 2.05) is 62.4 Å². The van der Waals surface area contributed by atoms with E-state index in [1.54, 1.807) is 0 Å². The molecule has 2 aromatic rings. The fourth-order valence-electron chi connectivity index (χ4n) is 3.15. The van der Waals surface area contributed by atoms with Crippen molar-refractivity contribution >= 4 is 29.0 Å². The van der Waals surface area contributed by atoms with Crippen molar-refractivity contribution in [1.29, 1.82) is 0 Å². The largest absolute Gasteiger partial charge is 0.364 e. The molecule has 1 fully saturated rings. The number of ether oxygens (including phenoxy) is 1. The van der Waals surface area contributed by atoms with Crippen molar-refractivity contribution in [2.24, 2.45) is 11.8 Å². The summed E-state index contributed by atoms with van der Waals surface area (Å²) in [4.78, 5) is 12.7. The van der Waals surface area contributed by atoms with E-state index in [4.69, 9.17) is 27.9 Å². The van der Waals surface area contributed by atoms with Crippen LogP contribution in [-0.2, 0) is 9.53 Å². The molecule has 0 spiro atoms. The molecule has 2 nitrogen and oxygen atoms in total. The average molecular weight is 349 g/mol. The number of Topliss-reactive ketones (excluding diaryl/α,β-unsaturated/α-hetero) is 1. The zero-order valence-corrected chi connectivity index (χ0v) is 14.5. The van der Waals surface area contributed by atoms with Gasteiger partial charge in [-0.15, -0.1) is 0 Å². The lowest BCUT2D eigenvalue weighted by molar-refractivity contribution is -0.157. The van der Waals surface area contributed by atoms with Crippen LogP contribution in [0.5, 0.6) is 0 Å². The van der Waals surface area contributed by atoms with E-state index in [9.17, 15) is 4.79 Å². The van der Waals surface area contributed by atoms with Gasteiger partial charge in [-0.1, -0.05) is 61.3 Å². The molecular weight excluding hydrogens is 331 g/mol. The smallest absolute Gasteiger partial charge is 0.144 e. The zero-order valence-electron chi connectivity index (χ0n) is 13.0. The standard InChI is InChI=1S/C19H18Cl2O2/c1-11-17(22)12(2)19(14-5-9-16(21)10-6-14)23-18(11)13-3-7-15(20)8-4-13/h3-12,18-19H,1-2H3. The molecule has 4 unspecified atom stereocenters. The molecule has 3 rings (SSSR count). The predicted octanol–water partition coefficient (Wildman–Crippen LogP) is 5.65. The van der Waals surface area contributed by atoms with Crippen LogP contribution in [0.4, 0.5) is 0 Å². The molecule has 0 aliphatic carbocycles. The number of ketones is 1. The zero-order chi connectivity index (χ0) is 16.6. The van der Waals surface area contributed by atoms with Crippen molar-refractivity contribution in [3.8, 4) is 0 Å². The molecule has 0 amide bonds. The van der Waals surface area contributed by atoms with Gasteiger partial charge in [-0.25, -0.2) is 0 Å². The summed E-state index contributed by atoms with van der Waals surface area (Å²) in [6.07, 6.45) is -0.534. The molecular formula is C19H18Cl2O2. The monoisotopic (exact) mass is 348 g/mol. The van der Waals surface area contributed by atoms with Crippen LogP contribution in [0.25, 0.3) is 0 Å². The lowest BCUT2D eigenvalue weighted by atomic mass is 9.80. The van der Waals surface area contributed by atoms with Gasteiger partial charge >= 0.3 is 0 Å². The first-order chi connectivity index (χ1) is 11.0. The van der Waals surface area contributed by atoms with Gasteiger partial charge in [0.1, 0.15) is 5.78 Å². The van der Waals surface area contributed by atoms with Crippen LogP contribution in [0, 0.1) is 11.8 Å². The van der Waals surface area contributed by atoms with Gasteiger partial charge in [0.15, 0.2) is 0 Å². The van der Waals surface area contributed by atoms with Crippen LogP contribution in [0.1, 0.15) is 37.2 Å². The molecule has 1 saturated heterocycles. The summed E-state index contributed by atoms with van der Waals surface area (Å²) >= 11 is 11.9. The highest BCUT2D eigenvalue weighted by Gasteiger charge is 2.41. The highest BCUT2D eigenvalue weighted by molar-refractivity contribution is 6.30. The minimum absolute atomic E-state index is 0.185. The Labute approximate surface area is 146 Å². The first-order valence-electron chi connectivity index (χ1n) is 7.67. The summed E-state index contributed by atoms with van der Waals surface area (Å²) in [6.45, 7) is 3.85. The van der Waals surface area contributed by atoms with E-state index in [0.717, 1.165) is 11.1 Å². The van der Waals surface area contributed by atoms with Gasteiger partial charge in [0.25, 0.3) is 0 Å². The maximum absolute atomic E-state index is 12.7. The highest BCUT2D eigenvalue weighted by atomic mass is 35.5. The van der Waals surface area contributed by atoms with Crippen LogP contribution >= 0.6 is 23.2 Å². The van der Waals surface area contributed by atoms with E-state index < -0.39 is 0 Å². The highest BCUT2D eigenvalue weighted by Crippen LogP contribution is 2.43. The van der Waals surface area contributed by atoms with Gasteiger partial charge in [0.2, 0.25) is 0 Å². The minimum Gasteiger partial charge on any atom is -0.364 e. The lowest BCUT2D eigenvalue weighted by Gasteiger charge is -2.38. The molecule has 1 heterocycles. The maximum Gasteiger partial charge on any atom is 0.144 e. The van der Waals surface area contributed by atoms with Crippen molar-refractivity contribution in [2.45, 2.75) is 26.1 Å². The molecule has 1 aliphatic heterocycles. The molecule has 0 radical (unpaired) electrons. The number of carbonyl (C=O) groups is 1. The van der Waals surface area contributed by atoms with E-state index in [0.29, 0.717) is 10.0 Å². The summed E-state index contributed by atoms with van der Waals surface area (Å²) in [5, 5.41) is 1.34. The Morgan fingerprint density at radius 2 is 1.09 bits per heavy atom. The van der Waals surface area contributed by atoms with Gasteiger partial charge in [0, 0.05) is 21.9 Å². The van der Waals surface area contributed by atoms with Crippen molar-refractivity contribution in [3.05, 3.63) is 69.7 Å². The van der Waals surface area contributed by atoms with E-state index in [1.165, 1.54) is 0 Å². The Bertz CT molecular complexity index is 635. The van der Waals surface area contributed by atoms with Crippen LogP contribution in [0.2, 0.25) is 10.0 Å². The van der Waals surface area contributed by atoms with Gasteiger partial charge in [-0.05, 0) is 35.4 Å². The normalized spacial score (nSPS) is 27.9. The van der Waals surface area contributed by atoms with Gasteiger partial charge in [0.05, 0.1) is 12.2 Å². The first kappa shape index (κ1) is 16.5. The minimum atomic E-state index is -0.267. The van der Waals surface area contributed by atoms with Gasteiger partial charge < -0.3 is 4.74 Å². The molecule has 0 N–H and O–H groups in total. The van der Waals surface area contributed by atoms with Crippen LogP contribution in [0.15, 0.2) is 48.5 Å². The summed E-state index contributed by atoms with van der Waals surface area (Å²) in [5.74, 6) is -0.152. The maximum atomic E-state index is 12.7. The Morgan fingerprint density at radius 1 is 0.739 bits per heavy atom. The molecule has 23 heavy (non-hydrogen) atoms. The molecule has 4 atom stereocenters. The summed E-state index contributed by atoms with van der Waals surface area (Å²) in [7, 11) is 0. The third kappa shape index (κ3) is 3.30. The third-order valence-corrected chi connectivity index (χ3v) is 5.00. The van der Waals surface area contributed by atoms with Crippen molar-refractivity contribution < 1.29 is 9.53 Å². The van der Waals surface area contributed by atoms with Crippen LogP contribution < -0.4 is 0 Å². The van der Waals surface area contributed by atoms with Crippen molar-refractivity contribution in [1.82, 2.24) is 0 Å². The first-order valence-corrected chi connectivity index (χ1v) is 8.43. The molecule has 0 saturated carbocycles. The Balaban J connectivity index is 1.94. The predicted molar refractivity (Wildman–Crippen MR) is 92.8 cm³/mol. The van der Waals surface area contributed by atoms with E-state index >= 15 is 0 Å². The fourth-order valence-corrected chi connectivity index (χ4v) is 3.40. The lowest BCUT2D eigenvalue weighted by Crippen LogP contribution is -2.37. The fraction of sp³-hybridized carbons (Fsp3) is 0.316. The summed E-state index contributed by atoms with van der Waals surface area (Å²) in [5.41, 5.74) is 1.95. The Morgan fingerprint density at radius 3 is 1.43 bits per heavy atom.